The smallest absolute Gasteiger partial charge is 0.269 e. The van der Waals surface area contributed by atoms with Gasteiger partial charge in [-0.3, -0.25) is 4.79 Å². The Hall–Kier alpha value is -2.23. The fraction of sp³-hybridized carbons (Fsp3) is 0.312. The zero-order valence-corrected chi connectivity index (χ0v) is 12.6. The minimum atomic E-state index is -0.00151. The summed E-state index contributed by atoms with van der Waals surface area (Å²) in [6, 6.07) is 7.96. The molecule has 1 heterocycles. The summed E-state index contributed by atoms with van der Waals surface area (Å²) < 4.78 is 7.15. The van der Waals surface area contributed by atoms with Gasteiger partial charge in [0.1, 0.15) is 11.4 Å². The molecule has 0 aliphatic rings. The van der Waals surface area contributed by atoms with Crippen LogP contribution in [-0.2, 0) is 7.05 Å². The number of aromatic nitrogens is 1. The third-order valence-electron chi connectivity index (χ3n) is 3.25. The van der Waals surface area contributed by atoms with Crippen LogP contribution in [0.4, 0.5) is 0 Å². The molecule has 0 fully saturated rings. The number of hydrogen-bond donors (Lipinski definition) is 0. The SMILES string of the molecule is COc1cc(C)cc(-c2cc(C(=O)N(C)C)n(C)c2)c1. The molecule has 4 nitrogen and oxygen atoms in total. The minimum absolute atomic E-state index is 0.00151. The highest BCUT2D eigenvalue weighted by Gasteiger charge is 2.14. The van der Waals surface area contributed by atoms with Crippen LogP contribution < -0.4 is 4.74 Å². The number of methoxy groups -OCH3 is 1. The van der Waals surface area contributed by atoms with Gasteiger partial charge in [0.25, 0.3) is 5.91 Å². The van der Waals surface area contributed by atoms with Gasteiger partial charge in [-0.2, -0.15) is 0 Å². The molecule has 106 valence electrons. The van der Waals surface area contributed by atoms with E-state index in [2.05, 4.69) is 6.07 Å². The van der Waals surface area contributed by atoms with Crippen LogP contribution in [0.3, 0.4) is 0 Å². The molecule has 0 radical (unpaired) electrons. The van der Waals surface area contributed by atoms with Crippen LogP contribution in [0.5, 0.6) is 5.75 Å². The van der Waals surface area contributed by atoms with Gasteiger partial charge in [0.2, 0.25) is 0 Å². The number of rotatable bonds is 3. The fourth-order valence-electron chi connectivity index (χ4n) is 2.20. The molecule has 0 saturated heterocycles. The van der Waals surface area contributed by atoms with Crippen LogP contribution in [0.2, 0.25) is 0 Å². The molecule has 2 rings (SSSR count). The summed E-state index contributed by atoms with van der Waals surface area (Å²) in [6.07, 6.45) is 1.96. The van der Waals surface area contributed by atoms with Crippen LogP contribution >= 0.6 is 0 Å². The van der Waals surface area contributed by atoms with E-state index in [4.69, 9.17) is 4.74 Å². The third kappa shape index (κ3) is 2.69. The van der Waals surface area contributed by atoms with Crippen LogP contribution in [0, 0.1) is 6.92 Å². The molecule has 4 heteroatoms. The molecule has 0 bridgehead atoms. The van der Waals surface area contributed by atoms with Gasteiger partial charge in [-0.15, -0.1) is 0 Å². The maximum Gasteiger partial charge on any atom is 0.269 e. The van der Waals surface area contributed by atoms with E-state index < -0.39 is 0 Å². The summed E-state index contributed by atoms with van der Waals surface area (Å²) in [5, 5.41) is 0. The first-order valence-electron chi connectivity index (χ1n) is 6.46. The first-order valence-corrected chi connectivity index (χ1v) is 6.46. The Labute approximate surface area is 119 Å². The van der Waals surface area contributed by atoms with E-state index in [1.165, 1.54) is 0 Å². The summed E-state index contributed by atoms with van der Waals surface area (Å²) in [5.74, 6) is 0.822. The van der Waals surface area contributed by atoms with Gasteiger partial charge in [-0.25, -0.2) is 0 Å². The summed E-state index contributed by atoms with van der Waals surface area (Å²) >= 11 is 0. The largest absolute Gasteiger partial charge is 0.497 e. The van der Waals surface area contributed by atoms with Crippen molar-refractivity contribution in [3.05, 3.63) is 41.7 Å². The van der Waals surface area contributed by atoms with E-state index in [9.17, 15) is 4.79 Å². The van der Waals surface area contributed by atoms with Crippen LogP contribution in [-0.4, -0.2) is 36.6 Å². The Morgan fingerprint density at radius 1 is 1.15 bits per heavy atom. The van der Waals surface area contributed by atoms with Crippen LogP contribution in [0.15, 0.2) is 30.5 Å². The number of amides is 1. The lowest BCUT2D eigenvalue weighted by molar-refractivity contribution is 0.0818. The van der Waals surface area contributed by atoms with Gasteiger partial charge in [0.15, 0.2) is 0 Å². The topological polar surface area (TPSA) is 34.5 Å². The number of carbonyl (C=O) groups is 1. The van der Waals surface area contributed by atoms with E-state index >= 15 is 0 Å². The summed E-state index contributed by atoms with van der Waals surface area (Å²) in [6.45, 7) is 2.03. The van der Waals surface area contributed by atoms with Gasteiger partial charge >= 0.3 is 0 Å². The van der Waals surface area contributed by atoms with Crippen LogP contribution in [0.25, 0.3) is 11.1 Å². The molecule has 0 N–H and O–H groups in total. The second kappa shape index (κ2) is 5.41. The monoisotopic (exact) mass is 272 g/mol. The predicted molar refractivity (Wildman–Crippen MR) is 80.2 cm³/mol. The quantitative estimate of drug-likeness (QED) is 0.861. The molecule has 0 unspecified atom stereocenters. The Balaban J connectivity index is 2.47. The molecule has 1 aromatic heterocycles. The summed E-state index contributed by atoms with van der Waals surface area (Å²) in [7, 11) is 7.05. The Morgan fingerprint density at radius 3 is 2.45 bits per heavy atom. The highest BCUT2D eigenvalue weighted by atomic mass is 16.5. The number of aryl methyl sites for hydroxylation is 2. The van der Waals surface area contributed by atoms with E-state index in [1.54, 1.807) is 26.1 Å². The average molecular weight is 272 g/mol. The lowest BCUT2D eigenvalue weighted by atomic mass is 10.1. The van der Waals surface area contributed by atoms with Crippen molar-refractivity contribution in [1.29, 1.82) is 0 Å². The standard InChI is InChI=1S/C16H20N2O2/c1-11-6-12(8-14(7-11)20-5)13-9-15(18(4)10-13)16(19)17(2)3/h6-10H,1-5H3. The first-order chi connectivity index (χ1) is 9.42. The van der Waals surface area contributed by atoms with Crippen molar-refractivity contribution >= 4 is 5.91 Å². The molecule has 0 aliphatic heterocycles. The van der Waals surface area contributed by atoms with Crippen molar-refractivity contribution in [2.24, 2.45) is 7.05 Å². The maximum absolute atomic E-state index is 12.1. The zero-order chi connectivity index (χ0) is 14.9. The Kier molecular flexibility index (Phi) is 3.84. The molecule has 1 amide bonds. The summed E-state index contributed by atoms with van der Waals surface area (Å²) in [5.41, 5.74) is 3.86. The zero-order valence-electron chi connectivity index (χ0n) is 12.6. The van der Waals surface area contributed by atoms with E-state index in [-0.39, 0.29) is 5.91 Å². The number of ether oxygens (including phenoxy) is 1. The second-order valence-electron chi connectivity index (χ2n) is 5.16. The fourth-order valence-corrected chi connectivity index (χ4v) is 2.20. The molecule has 0 atom stereocenters. The van der Waals surface area contributed by atoms with E-state index in [1.807, 2.05) is 42.9 Å². The van der Waals surface area contributed by atoms with Gasteiger partial charge < -0.3 is 14.2 Å². The normalized spacial score (nSPS) is 10.4. The molecular weight excluding hydrogens is 252 g/mol. The van der Waals surface area contributed by atoms with Crippen molar-refractivity contribution in [3.63, 3.8) is 0 Å². The first kappa shape index (κ1) is 14.2. The predicted octanol–water partition coefficient (Wildman–Crippen LogP) is 2.71. The van der Waals surface area contributed by atoms with Gasteiger partial charge in [0.05, 0.1) is 7.11 Å². The van der Waals surface area contributed by atoms with E-state index in [0.29, 0.717) is 5.69 Å². The number of carbonyl (C=O) groups excluding carboxylic acids is 1. The Morgan fingerprint density at radius 2 is 1.85 bits per heavy atom. The molecule has 0 saturated carbocycles. The van der Waals surface area contributed by atoms with Crippen molar-refractivity contribution in [2.75, 3.05) is 21.2 Å². The maximum atomic E-state index is 12.1. The van der Waals surface area contributed by atoms with Crippen molar-refractivity contribution < 1.29 is 9.53 Å². The van der Waals surface area contributed by atoms with Gasteiger partial charge in [-0.1, -0.05) is 6.07 Å². The number of hydrogen-bond acceptors (Lipinski definition) is 2. The van der Waals surface area contributed by atoms with Gasteiger partial charge in [-0.05, 0) is 36.2 Å². The number of benzene rings is 1. The third-order valence-corrected chi connectivity index (χ3v) is 3.25. The molecule has 1 aromatic carbocycles. The van der Waals surface area contributed by atoms with Crippen molar-refractivity contribution in [2.45, 2.75) is 6.92 Å². The van der Waals surface area contributed by atoms with E-state index in [0.717, 1.165) is 22.4 Å². The molecule has 0 aliphatic carbocycles. The molecule has 0 spiro atoms. The molecule has 20 heavy (non-hydrogen) atoms. The highest BCUT2D eigenvalue weighted by molar-refractivity contribution is 5.94. The van der Waals surface area contributed by atoms with Crippen LogP contribution in [0.1, 0.15) is 16.1 Å². The minimum Gasteiger partial charge on any atom is -0.497 e. The average Bonchev–Trinajstić information content (AvgIpc) is 2.79. The lowest BCUT2D eigenvalue weighted by Crippen LogP contribution is -2.23. The number of nitrogens with zero attached hydrogens (tertiary/aromatic N) is 2. The van der Waals surface area contributed by atoms with Crippen molar-refractivity contribution in [3.8, 4) is 16.9 Å². The van der Waals surface area contributed by atoms with Crippen molar-refractivity contribution in [1.82, 2.24) is 9.47 Å². The lowest BCUT2D eigenvalue weighted by Gasteiger charge is -2.10. The van der Waals surface area contributed by atoms with Gasteiger partial charge in [0, 0.05) is 32.9 Å². The Bertz CT molecular complexity index is 642. The summed E-state index contributed by atoms with van der Waals surface area (Å²) in [4.78, 5) is 13.7. The highest BCUT2D eigenvalue weighted by Crippen LogP contribution is 2.27. The second-order valence-corrected chi connectivity index (χ2v) is 5.16. The molecular formula is C16H20N2O2. The molecule has 2 aromatic rings.